The molecule has 1 aliphatic heterocycles. The van der Waals surface area contributed by atoms with Crippen molar-refractivity contribution in [3.63, 3.8) is 0 Å². The number of nitrogens with zero attached hydrogens (tertiary/aromatic N) is 1. The highest BCUT2D eigenvalue weighted by Gasteiger charge is 2.25. The zero-order chi connectivity index (χ0) is 13.5. The minimum absolute atomic E-state index is 0.259. The molecule has 0 saturated carbocycles. The van der Waals surface area contributed by atoms with E-state index in [4.69, 9.17) is 10.5 Å². The Bertz CT molecular complexity index is 257. The lowest BCUT2D eigenvalue weighted by atomic mass is 10.1. The van der Waals surface area contributed by atoms with Gasteiger partial charge in [0.05, 0.1) is 12.1 Å². The van der Waals surface area contributed by atoms with Crippen LogP contribution in [-0.2, 0) is 9.53 Å². The molecule has 1 fully saturated rings. The first kappa shape index (κ1) is 15.4. The van der Waals surface area contributed by atoms with Crippen molar-refractivity contribution in [3.8, 4) is 0 Å². The third kappa shape index (κ3) is 5.33. The van der Waals surface area contributed by atoms with Crippen molar-refractivity contribution in [1.29, 1.82) is 0 Å². The molecule has 5 nitrogen and oxygen atoms in total. The minimum Gasteiger partial charge on any atom is -0.377 e. The van der Waals surface area contributed by atoms with Gasteiger partial charge in [0, 0.05) is 25.7 Å². The van der Waals surface area contributed by atoms with E-state index in [0.717, 1.165) is 32.5 Å². The van der Waals surface area contributed by atoms with Gasteiger partial charge in [0.15, 0.2) is 0 Å². The Morgan fingerprint density at radius 1 is 1.56 bits per heavy atom. The molecule has 3 N–H and O–H groups in total. The molecule has 1 rings (SSSR count). The molecule has 0 bridgehead atoms. The number of ether oxygens (including phenoxy) is 1. The smallest absolute Gasteiger partial charge is 0.235 e. The lowest BCUT2D eigenvalue weighted by Gasteiger charge is -2.34. The van der Waals surface area contributed by atoms with E-state index in [1.807, 2.05) is 20.8 Å². The maximum absolute atomic E-state index is 11.4. The molecule has 0 aromatic rings. The first-order valence-corrected chi connectivity index (χ1v) is 6.92. The Balaban J connectivity index is 2.45. The zero-order valence-corrected chi connectivity index (χ0v) is 11.8. The molecule has 1 aliphatic rings. The number of carbonyl (C=O) groups is 1. The third-order valence-electron chi connectivity index (χ3n) is 3.18. The number of nitrogens with one attached hydrogen (secondary N) is 1. The summed E-state index contributed by atoms with van der Waals surface area (Å²) < 4.78 is 5.66. The number of primary amides is 1. The Morgan fingerprint density at radius 3 is 2.83 bits per heavy atom. The lowest BCUT2D eigenvalue weighted by Crippen LogP contribution is -2.53. The molecule has 0 aromatic heterocycles. The summed E-state index contributed by atoms with van der Waals surface area (Å²) in [5.41, 5.74) is 5.44. The molecule has 1 amide bonds. The first-order chi connectivity index (χ1) is 8.52. The maximum atomic E-state index is 11.4. The predicted octanol–water partition coefficient (Wildman–Crippen LogP) is 0.339. The summed E-state index contributed by atoms with van der Waals surface area (Å²) in [6.07, 6.45) is 2.54. The van der Waals surface area contributed by atoms with Gasteiger partial charge in [-0.25, -0.2) is 0 Å². The van der Waals surface area contributed by atoms with Crippen LogP contribution < -0.4 is 11.1 Å². The van der Waals surface area contributed by atoms with Gasteiger partial charge in [-0.05, 0) is 26.3 Å². The highest BCUT2D eigenvalue weighted by Crippen LogP contribution is 2.13. The highest BCUT2D eigenvalue weighted by molar-refractivity contribution is 5.80. The van der Waals surface area contributed by atoms with Crippen molar-refractivity contribution in [3.05, 3.63) is 0 Å². The van der Waals surface area contributed by atoms with Gasteiger partial charge >= 0.3 is 0 Å². The van der Waals surface area contributed by atoms with Crippen molar-refractivity contribution < 1.29 is 9.53 Å². The number of rotatable bonds is 7. The van der Waals surface area contributed by atoms with Crippen LogP contribution in [0.3, 0.4) is 0 Å². The standard InChI is InChI=1S/C13H27N3O2/c1-4-18-11-6-5-7-16(8-11)9-12(13(14)17)15-10(2)3/h10-12,15H,4-9H2,1-3H3,(H2,14,17). The van der Waals surface area contributed by atoms with Crippen LogP contribution in [0.2, 0.25) is 0 Å². The monoisotopic (exact) mass is 257 g/mol. The maximum Gasteiger partial charge on any atom is 0.235 e. The van der Waals surface area contributed by atoms with Crippen molar-refractivity contribution in [2.24, 2.45) is 5.73 Å². The second-order valence-electron chi connectivity index (χ2n) is 5.26. The second-order valence-corrected chi connectivity index (χ2v) is 5.26. The lowest BCUT2D eigenvalue weighted by molar-refractivity contribution is -0.121. The molecular weight excluding hydrogens is 230 g/mol. The van der Waals surface area contributed by atoms with E-state index in [0.29, 0.717) is 12.6 Å². The molecule has 0 aromatic carbocycles. The van der Waals surface area contributed by atoms with E-state index < -0.39 is 0 Å². The number of carbonyl (C=O) groups excluding carboxylic acids is 1. The Kier molecular flexibility index (Phi) is 6.60. The summed E-state index contributed by atoms with van der Waals surface area (Å²) in [5, 5.41) is 3.22. The molecule has 5 heteroatoms. The van der Waals surface area contributed by atoms with Crippen LogP contribution in [0, 0.1) is 0 Å². The van der Waals surface area contributed by atoms with Crippen LogP contribution >= 0.6 is 0 Å². The van der Waals surface area contributed by atoms with Gasteiger partial charge in [0.25, 0.3) is 0 Å². The van der Waals surface area contributed by atoms with E-state index in [-0.39, 0.29) is 18.0 Å². The Morgan fingerprint density at radius 2 is 2.28 bits per heavy atom. The van der Waals surface area contributed by atoms with Crippen molar-refractivity contribution >= 4 is 5.91 Å². The molecular formula is C13H27N3O2. The number of hydrogen-bond acceptors (Lipinski definition) is 4. The largest absolute Gasteiger partial charge is 0.377 e. The zero-order valence-electron chi connectivity index (χ0n) is 11.8. The summed E-state index contributed by atoms with van der Waals surface area (Å²) in [6, 6.07) is -0.0136. The second kappa shape index (κ2) is 7.71. The summed E-state index contributed by atoms with van der Waals surface area (Å²) in [6.45, 7) is 9.42. The normalized spacial score (nSPS) is 23.2. The van der Waals surface area contributed by atoms with Crippen molar-refractivity contribution in [2.75, 3.05) is 26.2 Å². The quantitative estimate of drug-likeness (QED) is 0.690. The van der Waals surface area contributed by atoms with Crippen LogP contribution in [0.5, 0.6) is 0 Å². The molecule has 0 radical (unpaired) electrons. The molecule has 0 aliphatic carbocycles. The van der Waals surface area contributed by atoms with Gasteiger partial charge in [-0.2, -0.15) is 0 Å². The average Bonchev–Trinajstić information content (AvgIpc) is 2.28. The number of likely N-dealkylation sites (tertiary alicyclic amines) is 1. The van der Waals surface area contributed by atoms with Gasteiger partial charge in [-0.1, -0.05) is 13.8 Å². The van der Waals surface area contributed by atoms with Crippen LogP contribution in [0.1, 0.15) is 33.6 Å². The number of nitrogens with two attached hydrogens (primary N) is 1. The third-order valence-corrected chi connectivity index (χ3v) is 3.18. The van der Waals surface area contributed by atoms with Crippen molar-refractivity contribution in [1.82, 2.24) is 10.2 Å². The summed E-state index contributed by atoms with van der Waals surface area (Å²) >= 11 is 0. The van der Waals surface area contributed by atoms with Crippen LogP contribution in [-0.4, -0.2) is 55.2 Å². The van der Waals surface area contributed by atoms with Crippen LogP contribution in [0.25, 0.3) is 0 Å². The molecule has 0 spiro atoms. The molecule has 1 heterocycles. The van der Waals surface area contributed by atoms with Gasteiger partial charge in [0.2, 0.25) is 5.91 Å². The SMILES string of the molecule is CCOC1CCCN(CC(NC(C)C)C(N)=O)C1. The molecule has 1 saturated heterocycles. The van der Waals surface area contributed by atoms with E-state index in [2.05, 4.69) is 10.2 Å². The predicted molar refractivity (Wildman–Crippen MR) is 72.3 cm³/mol. The molecule has 2 unspecified atom stereocenters. The molecule has 106 valence electrons. The first-order valence-electron chi connectivity index (χ1n) is 6.92. The number of amides is 1. The topological polar surface area (TPSA) is 67.6 Å². The van der Waals surface area contributed by atoms with Crippen LogP contribution in [0.4, 0.5) is 0 Å². The minimum atomic E-state index is -0.276. The summed E-state index contributed by atoms with van der Waals surface area (Å²) in [7, 11) is 0. The summed E-state index contributed by atoms with van der Waals surface area (Å²) in [5.74, 6) is -0.276. The number of hydrogen-bond donors (Lipinski definition) is 2. The highest BCUT2D eigenvalue weighted by atomic mass is 16.5. The van der Waals surface area contributed by atoms with E-state index in [1.54, 1.807) is 0 Å². The molecule has 18 heavy (non-hydrogen) atoms. The van der Waals surface area contributed by atoms with E-state index in [1.165, 1.54) is 0 Å². The fourth-order valence-corrected chi connectivity index (χ4v) is 2.44. The fourth-order valence-electron chi connectivity index (χ4n) is 2.44. The Hall–Kier alpha value is -0.650. The van der Waals surface area contributed by atoms with Crippen molar-refractivity contribution in [2.45, 2.75) is 51.8 Å². The number of piperidine rings is 1. The van der Waals surface area contributed by atoms with Crippen LogP contribution in [0.15, 0.2) is 0 Å². The van der Waals surface area contributed by atoms with E-state index in [9.17, 15) is 4.79 Å². The average molecular weight is 257 g/mol. The van der Waals surface area contributed by atoms with E-state index >= 15 is 0 Å². The van der Waals surface area contributed by atoms with Gasteiger partial charge < -0.3 is 15.8 Å². The van der Waals surface area contributed by atoms with Gasteiger partial charge in [-0.15, -0.1) is 0 Å². The van der Waals surface area contributed by atoms with Gasteiger partial charge in [0.1, 0.15) is 0 Å². The molecule has 2 atom stereocenters. The fraction of sp³-hybridized carbons (Fsp3) is 0.923. The summed E-state index contributed by atoms with van der Waals surface area (Å²) in [4.78, 5) is 13.7. The van der Waals surface area contributed by atoms with Gasteiger partial charge in [-0.3, -0.25) is 9.69 Å². The Labute approximate surface area is 110 Å².